The van der Waals surface area contributed by atoms with E-state index in [2.05, 4.69) is 5.32 Å². The van der Waals surface area contributed by atoms with Gasteiger partial charge in [0.2, 0.25) is 5.91 Å². The zero-order valence-corrected chi connectivity index (χ0v) is 15.5. The second kappa shape index (κ2) is 8.51. The first-order chi connectivity index (χ1) is 13.4. The minimum Gasteiger partial charge on any atom is -0.484 e. The molecule has 3 rings (SSSR count). The van der Waals surface area contributed by atoms with Gasteiger partial charge < -0.3 is 15.0 Å². The Morgan fingerprint density at radius 3 is 2.68 bits per heavy atom. The molecule has 2 aromatic carbocycles. The van der Waals surface area contributed by atoms with Crippen molar-refractivity contribution in [1.29, 1.82) is 0 Å². The predicted octanol–water partition coefficient (Wildman–Crippen LogP) is 2.98. The standard InChI is InChI=1S/C20H21N3O5/c1-22(12-15-5-2-3-8-18(15)23(26)27)19(24)13-28-17-7-4-6-16(11-17)21-20(25)14-9-10-14/h2-8,11,14H,9-10,12-13H2,1H3,(H,21,25). The summed E-state index contributed by atoms with van der Waals surface area (Å²) in [4.78, 5) is 36.1. The van der Waals surface area contributed by atoms with Gasteiger partial charge in [-0.1, -0.05) is 24.3 Å². The summed E-state index contributed by atoms with van der Waals surface area (Å²) in [6.07, 6.45) is 1.84. The highest BCUT2D eigenvalue weighted by atomic mass is 16.6. The van der Waals surface area contributed by atoms with E-state index < -0.39 is 4.92 Å². The Bertz CT molecular complexity index is 895. The molecule has 0 aliphatic heterocycles. The Kier molecular flexibility index (Phi) is 5.88. The number of para-hydroxylation sites is 1. The van der Waals surface area contributed by atoms with Crippen molar-refractivity contribution in [1.82, 2.24) is 4.90 Å². The Morgan fingerprint density at radius 2 is 1.96 bits per heavy atom. The van der Waals surface area contributed by atoms with Crippen LogP contribution < -0.4 is 10.1 Å². The molecule has 1 aliphatic rings. The molecule has 8 heteroatoms. The first-order valence-corrected chi connectivity index (χ1v) is 8.94. The number of carbonyl (C=O) groups is 2. The summed E-state index contributed by atoms with van der Waals surface area (Å²) in [6, 6.07) is 13.2. The lowest BCUT2D eigenvalue weighted by molar-refractivity contribution is -0.385. The van der Waals surface area contributed by atoms with Gasteiger partial charge in [0.1, 0.15) is 5.75 Å². The number of nitrogens with one attached hydrogen (secondary N) is 1. The lowest BCUT2D eigenvalue weighted by Gasteiger charge is -2.17. The Hall–Kier alpha value is -3.42. The van der Waals surface area contributed by atoms with Crippen molar-refractivity contribution in [3.05, 3.63) is 64.2 Å². The third-order valence-electron chi connectivity index (χ3n) is 4.43. The number of anilines is 1. The highest BCUT2D eigenvalue weighted by molar-refractivity contribution is 5.94. The molecule has 0 aromatic heterocycles. The van der Waals surface area contributed by atoms with Gasteiger partial charge in [-0.25, -0.2) is 0 Å². The number of hydrogen-bond donors (Lipinski definition) is 1. The molecular weight excluding hydrogens is 362 g/mol. The van der Waals surface area contributed by atoms with E-state index in [-0.39, 0.29) is 36.6 Å². The van der Waals surface area contributed by atoms with Gasteiger partial charge in [0.25, 0.3) is 11.6 Å². The van der Waals surface area contributed by atoms with E-state index in [0.717, 1.165) is 12.8 Å². The van der Waals surface area contributed by atoms with Crippen LogP contribution in [-0.2, 0) is 16.1 Å². The maximum Gasteiger partial charge on any atom is 0.274 e. The van der Waals surface area contributed by atoms with E-state index >= 15 is 0 Å². The SMILES string of the molecule is CN(Cc1ccccc1[N+](=O)[O-])C(=O)COc1cccc(NC(=O)C2CC2)c1. The van der Waals surface area contributed by atoms with Gasteiger partial charge in [-0.2, -0.15) is 0 Å². The number of benzene rings is 2. The Balaban J connectivity index is 1.55. The lowest BCUT2D eigenvalue weighted by atomic mass is 10.1. The molecule has 0 bridgehead atoms. The summed E-state index contributed by atoms with van der Waals surface area (Å²) in [7, 11) is 1.56. The fraction of sp³-hybridized carbons (Fsp3) is 0.300. The number of nitro groups is 1. The molecule has 1 fully saturated rings. The number of ether oxygens (including phenoxy) is 1. The van der Waals surface area contributed by atoms with Crippen molar-refractivity contribution in [2.45, 2.75) is 19.4 Å². The smallest absolute Gasteiger partial charge is 0.274 e. The predicted molar refractivity (Wildman–Crippen MR) is 103 cm³/mol. The monoisotopic (exact) mass is 383 g/mol. The van der Waals surface area contributed by atoms with Gasteiger partial charge >= 0.3 is 0 Å². The minimum atomic E-state index is -0.467. The van der Waals surface area contributed by atoms with Gasteiger partial charge in [-0.3, -0.25) is 19.7 Å². The number of likely N-dealkylation sites (N-methyl/N-ethyl adjacent to an activating group) is 1. The molecule has 0 unspecified atom stereocenters. The van der Waals surface area contributed by atoms with Crippen molar-refractivity contribution in [3.8, 4) is 5.75 Å². The Morgan fingerprint density at radius 1 is 1.21 bits per heavy atom. The van der Waals surface area contributed by atoms with E-state index in [4.69, 9.17) is 4.74 Å². The molecule has 1 aliphatic carbocycles. The van der Waals surface area contributed by atoms with Gasteiger partial charge in [0.15, 0.2) is 6.61 Å². The largest absolute Gasteiger partial charge is 0.484 e. The van der Waals surface area contributed by atoms with Crippen molar-refractivity contribution in [3.63, 3.8) is 0 Å². The van der Waals surface area contributed by atoms with Crippen LogP contribution in [0.1, 0.15) is 18.4 Å². The molecule has 2 aromatic rings. The van der Waals surface area contributed by atoms with Gasteiger partial charge in [-0.15, -0.1) is 0 Å². The number of amides is 2. The number of carbonyl (C=O) groups excluding carboxylic acids is 2. The third kappa shape index (κ3) is 5.06. The molecule has 28 heavy (non-hydrogen) atoms. The van der Waals surface area contributed by atoms with Crippen LogP contribution in [0.4, 0.5) is 11.4 Å². The fourth-order valence-corrected chi connectivity index (χ4v) is 2.68. The first-order valence-electron chi connectivity index (χ1n) is 8.94. The van der Waals surface area contributed by atoms with Crippen LogP contribution in [-0.4, -0.2) is 35.3 Å². The summed E-state index contributed by atoms with van der Waals surface area (Å²) in [5.74, 6) is 0.242. The zero-order valence-electron chi connectivity index (χ0n) is 15.5. The van der Waals surface area contributed by atoms with Crippen LogP contribution in [0.5, 0.6) is 5.75 Å². The molecule has 0 spiro atoms. The quantitative estimate of drug-likeness (QED) is 0.558. The lowest BCUT2D eigenvalue weighted by Crippen LogP contribution is -2.31. The molecule has 1 N–H and O–H groups in total. The van der Waals surface area contributed by atoms with Crippen molar-refractivity contribution in [2.75, 3.05) is 19.0 Å². The van der Waals surface area contributed by atoms with Crippen LogP contribution in [0.15, 0.2) is 48.5 Å². The first kappa shape index (κ1) is 19.3. The highest BCUT2D eigenvalue weighted by Crippen LogP contribution is 2.30. The van der Waals surface area contributed by atoms with E-state index in [1.54, 1.807) is 49.5 Å². The minimum absolute atomic E-state index is 0.00239. The summed E-state index contributed by atoms with van der Waals surface area (Å²) in [6.45, 7) is -0.103. The van der Waals surface area contributed by atoms with E-state index in [0.29, 0.717) is 17.0 Å². The number of nitrogens with zero attached hydrogens (tertiary/aromatic N) is 2. The average molecular weight is 383 g/mol. The maximum atomic E-state index is 12.3. The highest BCUT2D eigenvalue weighted by Gasteiger charge is 2.29. The van der Waals surface area contributed by atoms with Gasteiger partial charge in [0.05, 0.1) is 11.5 Å². The Labute approximate surface area is 162 Å². The molecule has 0 radical (unpaired) electrons. The van der Waals surface area contributed by atoms with Crippen LogP contribution in [0.2, 0.25) is 0 Å². The molecule has 0 heterocycles. The number of hydrogen-bond acceptors (Lipinski definition) is 5. The van der Waals surface area contributed by atoms with E-state index in [9.17, 15) is 19.7 Å². The molecule has 2 amide bonds. The van der Waals surface area contributed by atoms with Gasteiger partial charge in [-0.05, 0) is 25.0 Å². The third-order valence-corrected chi connectivity index (χ3v) is 4.43. The van der Waals surface area contributed by atoms with Crippen LogP contribution >= 0.6 is 0 Å². The summed E-state index contributed by atoms with van der Waals surface area (Å²) in [5, 5.41) is 13.9. The van der Waals surface area contributed by atoms with Gasteiger partial charge in [0, 0.05) is 36.3 Å². The van der Waals surface area contributed by atoms with E-state index in [1.807, 2.05) is 0 Å². The number of nitro benzene ring substituents is 1. The summed E-state index contributed by atoms with van der Waals surface area (Å²) in [5.41, 5.74) is 1.05. The van der Waals surface area contributed by atoms with Crippen molar-refractivity contribution >= 4 is 23.2 Å². The van der Waals surface area contributed by atoms with Crippen LogP contribution in [0, 0.1) is 16.0 Å². The molecule has 146 valence electrons. The summed E-state index contributed by atoms with van der Waals surface area (Å²) >= 11 is 0. The molecule has 0 atom stereocenters. The normalized spacial score (nSPS) is 12.9. The fourth-order valence-electron chi connectivity index (χ4n) is 2.68. The maximum absolute atomic E-state index is 12.3. The molecular formula is C20H21N3O5. The topological polar surface area (TPSA) is 102 Å². The molecule has 8 nitrogen and oxygen atoms in total. The molecule has 1 saturated carbocycles. The summed E-state index contributed by atoms with van der Waals surface area (Å²) < 4.78 is 5.53. The van der Waals surface area contributed by atoms with E-state index in [1.165, 1.54) is 11.0 Å². The van der Waals surface area contributed by atoms with Crippen molar-refractivity contribution < 1.29 is 19.2 Å². The van der Waals surface area contributed by atoms with Crippen LogP contribution in [0.3, 0.4) is 0 Å². The van der Waals surface area contributed by atoms with Crippen molar-refractivity contribution in [2.24, 2.45) is 5.92 Å². The second-order valence-corrected chi connectivity index (χ2v) is 6.72. The van der Waals surface area contributed by atoms with Crippen LogP contribution in [0.25, 0.3) is 0 Å². The average Bonchev–Trinajstić information content (AvgIpc) is 3.52. The molecule has 0 saturated heterocycles. The zero-order chi connectivity index (χ0) is 20.1. The number of rotatable bonds is 8. The second-order valence-electron chi connectivity index (χ2n) is 6.72.